The summed E-state index contributed by atoms with van der Waals surface area (Å²) in [6.45, 7) is 4.91. The Morgan fingerprint density at radius 2 is 1.43 bits per heavy atom. The van der Waals surface area contributed by atoms with E-state index in [4.69, 9.17) is 0 Å². The standard InChI is InChI=1S/C21H21NO/c1-21(2,13-23)22-12-17-9-8-16-7-6-14-4-3-5-15-10-11-18(17)20(16)19(14)15/h3-11,22-23H,12-13H2,1-2H3. The fraction of sp³-hybridized carbons (Fsp3) is 0.238. The van der Waals surface area contributed by atoms with Gasteiger partial charge in [-0.05, 0) is 51.7 Å². The van der Waals surface area contributed by atoms with Crippen LogP contribution < -0.4 is 5.32 Å². The lowest BCUT2D eigenvalue weighted by molar-refractivity contribution is 0.187. The van der Waals surface area contributed by atoms with E-state index in [1.807, 2.05) is 13.8 Å². The van der Waals surface area contributed by atoms with Crippen LogP contribution in [0.1, 0.15) is 19.4 Å². The second kappa shape index (κ2) is 5.19. The van der Waals surface area contributed by atoms with E-state index in [0.29, 0.717) is 0 Å². The van der Waals surface area contributed by atoms with E-state index in [-0.39, 0.29) is 12.1 Å². The van der Waals surface area contributed by atoms with Crippen LogP contribution >= 0.6 is 0 Å². The normalized spacial score (nSPS) is 12.7. The second-order valence-electron chi connectivity index (χ2n) is 6.98. The predicted octanol–water partition coefficient (Wildman–Crippen LogP) is 4.44. The Balaban J connectivity index is 1.93. The molecule has 23 heavy (non-hydrogen) atoms. The van der Waals surface area contributed by atoms with Gasteiger partial charge in [0.2, 0.25) is 0 Å². The quantitative estimate of drug-likeness (QED) is 0.546. The molecule has 0 spiro atoms. The summed E-state index contributed by atoms with van der Waals surface area (Å²) in [5, 5.41) is 20.8. The second-order valence-corrected chi connectivity index (χ2v) is 6.98. The minimum atomic E-state index is -0.274. The van der Waals surface area contributed by atoms with Gasteiger partial charge in [0.25, 0.3) is 0 Å². The Bertz CT molecular complexity index is 971. The third-order valence-corrected chi connectivity index (χ3v) is 4.77. The highest BCUT2D eigenvalue weighted by Crippen LogP contribution is 2.35. The van der Waals surface area contributed by atoms with Crippen LogP contribution in [0.5, 0.6) is 0 Å². The first-order chi connectivity index (χ1) is 11.1. The maximum absolute atomic E-state index is 9.44. The van der Waals surface area contributed by atoms with Crippen molar-refractivity contribution in [2.75, 3.05) is 6.61 Å². The highest BCUT2D eigenvalue weighted by molar-refractivity contribution is 6.23. The van der Waals surface area contributed by atoms with E-state index >= 15 is 0 Å². The molecule has 0 aliphatic carbocycles. The van der Waals surface area contributed by atoms with Gasteiger partial charge in [-0.3, -0.25) is 0 Å². The fourth-order valence-corrected chi connectivity index (χ4v) is 3.34. The first-order valence-corrected chi connectivity index (χ1v) is 8.10. The molecular formula is C21H21NO. The molecule has 0 fully saturated rings. The summed E-state index contributed by atoms with van der Waals surface area (Å²) in [6.07, 6.45) is 0. The van der Waals surface area contributed by atoms with Crippen molar-refractivity contribution in [2.24, 2.45) is 0 Å². The average Bonchev–Trinajstić information content (AvgIpc) is 2.58. The molecule has 0 saturated carbocycles. The topological polar surface area (TPSA) is 32.3 Å². The molecule has 0 aromatic heterocycles. The number of aliphatic hydroxyl groups excluding tert-OH is 1. The van der Waals surface area contributed by atoms with Crippen molar-refractivity contribution in [3.05, 3.63) is 60.2 Å². The van der Waals surface area contributed by atoms with E-state index in [0.717, 1.165) is 6.54 Å². The molecule has 0 aliphatic heterocycles. The number of hydrogen-bond donors (Lipinski definition) is 2. The summed E-state index contributed by atoms with van der Waals surface area (Å²) in [5.74, 6) is 0. The highest BCUT2D eigenvalue weighted by Gasteiger charge is 2.16. The van der Waals surface area contributed by atoms with Gasteiger partial charge in [-0.25, -0.2) is 0 Å². The van der Waals surface area contributed by atoms with Crippen LogP contribution in [0.2, 0.25) is 0 Å². The predicted molar refractivity (Wildman–Crippen MR) is 98.2 cm³/mol. The van der Waals surface area contributed by atoms with E-state index in [9.17, 15) is 5.11 Å². The lowest BCUT2D eigenvalue weighted by atomic mass is 9.92. The Morgan fingerprint density at radius 3 is 2.13 bits per heavy atom. The zero-order chi connectivity index (χ0) is 16.0. The third-order valence-electron chi connectivity index (χ3n) is 4.77. The minimum Gasteiger partial charge on any atom is -0.394 e. The van der Waals surface area contributed by atoms with Gasteiger partial charge in [0.1, 0.15) is 0 Å². The number of nitrogens with one attached hydrogen (secondary N) is 1. The van der Waals surface area contributed by atoms with Crippen LogP contribution in [-0.2, 0) is 6.54 Å². The van der Waals surface area contributed by atoms with E-state index in [2.05, 4.69) is 59.9 Å². The Hall–Kier alpha value is -2.16. The lowest BCUT2D eigenvalue weighted by Crippen LogP contribution is -2.42. The average molecular weight is 303 g/mol. The molecule has 0 radical (unpaired) electrons. The zero-order valence-electron chi connectivity index (χ0n) is 13.6. The molecule has 4 rings (SSSR count). The van der Waals surface area contributed by atoms with Crippen molar-refractivity contribution in [2.45, 2.75) is 25.9 Å². The third kappa shape index (κ3) is 2.35. The largest absolute Gasteiger partial charge is 0.394 e. The maximum Gasteiger partial charge on any atom is 0.0607 e. The summed E-state index contributed by atoms with van der Waals surface area (Å²) in [4.78, 5) is 0. The summed E-state index contributed by atoms with van der Waals surface area (Å²) in [5.41, 5.74) is 1.00. The van der Waals surface area contributed by atoms with Crippen molar-refractivity contribution in [1.29, 1.82) is 0 Å². The van der Waals surface area contributed by atoms with Crippen molar-refractivity contribution >= 4 is 32.3 Å². The van der Waals surface area contributed by atoms with Crippen LogP contribution in [0.3, 0.4) is 0 Å². The van der Waals surface area contributed by atoms with E-state index in [1.54, 1.807) is 0 Å². The molecule has 0 aliphatic rings. The molecule has 2 N–H and O–H groups in total. The van der Waals surface area contributed by atoms with Crippen molar-refractivity contribution < 1.29 is 5.11 Å². The molecule has 0 atom stereocenters. The molecular weight excluding hydrogens is 282 g/mol. The molecule has 0 saturated heterocycles. The molecule has 2 heteroatoms. The van der Waals surface area contributed by atoms with Gasteiger partial charge in [-0.2, -0.15) is 0 Å². The number of aliphatic hydroxyl groups is 1. The number of rotatable bonds is 4. The lowest BCUT2D eigenvalue weighted by Gasteiger charge is -2.24. The maximum atomic E-state index is 9.44. The molecule has 0 amide bonds. The van der Waals surface area contributed by atoms with Crippen molar-refractivity contribution in [3.63, 3.8) is 0 Å². The molecule has 0 heterocycles. The Morgan fingerprint density at radius 1 is 0.826 bits per heavy atom. The summed E-state index contributed by atoms with van der Waals surface area (Å²) in [7, 11) is 0. The van der Waals surface area contributed by atoms with Crippen LogP contribution in [0.15, 0.2) is 54.6 Å². The van der Waals surface area contributed by atoms with Gasteiger partial charge >= 0.3 is 0 Å². The smallest absolute Gasteiger partial charge is 0.0607 e. The van der Waals surface area contributed by atoms with E-state index < -0.39 is 0 Å². The molecule has 0 bridgehead atoms. The van der Waals surface area contributed by atoms with Gasteiger partial charge in [0.05, 0.1) is 6.61 Å². The van der Waals surface area contributed by atoms with E-state index in [1.165, 1.54) is 37.9 Å². The van der Waals surface area contributed by atoms with Crippen molar-refractivity contribution in [1.82, 2.24) is 5.32 Å². The van der Waals surface area contributed by atoms with Crippen LogP contribution in [0, 0.1) is 0 Å². The summed E-state index contributed by atoms with van der Waals surface area (Å²) in [6, 6.07) is 19.7. The number of benzene rings is 4. The molecule has 116 valence electrons. The Kier molecular flexibility index (Phi) is 3.26. The first-order valence-electron chi connectivity index (χ1n) is 8.10. The summed E-state index contributed by atoms with van der Waals surface area (Å²) >= 11 is 0. The van der Waals surface area contributed by atoms with Crippen LogP contribution in [0.4, 0.5) is 0 Å². The van der Waals surface area contributed by atoms with Gasteiger partial charge < -0.3 is 10.4 Å². The van der Waals surface area contributed by atoms with Gasteiger partial charge in [-0.1, -0.05) is 54.6 Å². The summed E-state index contributed by atoms with van der Waals surface area (Å²) < 4.78 is 0. The molecule has 4 aromatic rings. The van der Waals surface area contributed by atoms with Crippen LogP contribution in [0.25, 0.3) is 32.3 Å². The highest BCUT2D eigenvalue weighted by atomic mass is 16.3. The molecule has 0 unspecified atom stereocenters. The van der Waals surface area contributed by atoms with Gasteiger partial charge in [0, 0.05) is 12.1 Å². The monoisotopic (exact) mass is 303 g/mol. The first kappa shape index (κ1) is 14.4. The van der Waals surface area contributed by atoms with Crippen LogP contribution in [-0.4, -0.2) is 17.3 Å². The van der Waals surface area contributed by atoms with Gasteiger partial charge in [-0.15, -0.1) is 0 Å². The SMILES string of the molecule is CC(C)(CO)NCc1ccc2ccc3cccc4ccc1c2c34. The Labute approximate surface area is 136 Å². The minimum absolute atomic E-state index is 0.124. The molecule has 2 nitrogen and oxygen atoms in total. The molecule has 4 aromatic carbocycles. The van der Waals surface area contributed by atoms with Crippen molar-refractivity contribution in [3.8, 4) is 0 Å². The van der Waals surface area contributed by atoms with Gasteiger partial charge in [0.15, 0.2) is 0 Å². The fourth-order valence-electron chi connectivity index (χ4n) is 3.34. The number of hydrogen-bond acceptors (Lipinski definition) is 2. The zero-order valence-corrected chi connectivity index (χ0v) is 13.6.